The third-order valence-electron chi connectivity index (χ3n) is 5.75. The molecule has 5 heteroatoms. The summed E-state index contributed by atoms with van der Waals surface area (Å²) >= 11 is 0. The fourth-order valence-corrected chi connectivity index (χ4v) is 3.76. The Bertz CT molecular complexity index is 865. The fraction of sp³-hybridized carbons (Fsp3) is 0.500. The molecular formula is C24H33N3O2. The fourth-order valence-electron chi connectivity index (χ4n) is 3.76. The SMILES string of the molecule is Cc1ccn(CCC(C)C)c(=O)c1C(=O)N1CCN(CCc2ccccc2)CC1. The van der Waals surface area contributed by atoms with Crippen LogP contribution in [0.1, 0.15) is 41.8 Å². The van der Waals surface area contributed by atoms with E-state index in [4.69, 9.17) is 0 Å². The van der Waals surface area contributed by atoms with E-state index >= 15 is 0 Å². The maximum atomic E-state index is 13.1. The Balaban J connectivity index is 1.60. The van der Waals surface area contributed by atoms with Crippen molar-refractivity contribution in [2.45, 2.75) is 40.2 Å². The molecule has 0 spiro atoms. The van der Waals surface area contributed by atoms with Gasteiger partial charge >= 0.3 is 0 Å². The number of piperazine rings is 1. The van der Waals surface area contributed by atoms with Crippen LogP contribution in [0.25, 0.3) is 0 Å². The first-order valence-electron chi connectivity index (χ1n) is 10.7. The van der Waals surface area contributed by atoms with Gasteiger partial charge in [-0.2, -0.15) is 0 Å². The average molecular weight is 396 g/mol. The minimum atomic E-state index is -0.151. The number of amides is 1. The summed E-state index contributed by atoms with van der Waals surface area (Å²) in [4.78, 5) is 30.3. The van der Waals surface area contributed by atoms with Crippen LogP contribution in [0.4, 0.5) is 0 Å². The highest BCUT2D eigenvalue weighted by Crippen LogP contribution is 2.11. The molecule has 0 aliphatic carbocycles. The molecule has 0 bridgehead atoms. The van der Waals surface area contributed by atoms with Crippen LogP contribution in [0, 0.1) is 12.8 Å². The lowest BCUT2D eigenvalue weighted by atomic mass is 10.1. The number of hydrogen-bond donors (Lipinski definition) is 0. The molecule has 2 heterocycles. The molecule has 1 fully saturated rings. The summed E-state index contributed by atoms with van der Waals surface area (Å²) in [5, 5.41) is 0. The highest BCUT2D eigenvalue weighted by atomic mass is 16.2. The van der Waals surface area contributed by atoms with Gasteiger partial charge in [0.2, 0.25) is 0 Å². The van der Waals surface area contributed by atoms with Crippen molar-refractivity contribution < 1.29 is 4.79 Å². The monoisotopic (exact) mass is 395 g/mol. The molecule has 0 unspecified atom stereocenters. The normalized spacial score (nSPS) is 15.1. The zero-order valence-corrected chi connectivity index (χ0v) is 17.9. The van der Waals surface area contributed by atoms with Gasteiger partial charge in [0, 0.05) is 45.5 Å². The molecule has 2 aromatic rings. The zero-order valence-electron chi connectivity index (χ0n) is 17.9. The second kappa shape index (κ2) is 9.88. The van der Waals surface area contributed by atoms with Crippen LogP contribution in [0.5, 0.6) is 0 Å². The highest BCUT2D eigenvalue weighted by Gasteiger charge is 2.25. The molecule has 0 saturated carbocycles. The Morgan fingerprint density at radius 2 is 1.69 bits per heavy atom. The van der Waals surface area contributed by atoms with Gasteiger partial charge in [0.05, 0.1) is 0 Å². The van der Waals surface area contributed by atoms with Crippen LogP contribution in [0.2, 0.25) is 0 Å². The number of carbonyl (C=O) groups excluding carboxylic acids is 1. The van der Waals surface area contributed by atoms with E-state index in [1.165, 1.54) is 5.56 Å². The van der Waals surface area contributed by atoms with E-state index in [2.05, 4.69) is 43.0 Å². The van der Waals surface area contributed by atoms with Gasteiger partial charge in [0.15, 0.2) is 0 Å². The largest absolute Gasteiger partial charge is 0.336 e. The van der Waals surface area contributed by atoms with Gasteiger partial charge < -0.3 is 9.47 Å². The summed E-state index contributed by atoms with van der Waals surface area (Å²) in [6.45, 7) is 10.9. The van der Waals surface area contributed by atoms with Crippen LogP contribution < -0.4 is 5.56 Å². The second-order valence-corrected chi connectivity index (χ2v) is 8.42. The lowest BCUT2D eigenvalue weighted by molar-refractivity contribution is 0.0635. The third-order valence-corrected chi connectivity index (χ3v) is 5.75. The topological polar surface area (TPSA) is 45.6 Å². The molecule has 3 rings (SSSR count). The number of benzene rings is 1. The Kier molecular flexibility index (Phi) is 7.26. The van der Waals surface area contributed by atoms with E-state index in [0.717, 1.165) is 38.0 Å². The molecule has 1 aliphatic heterocycles. The predicted octanol–water partition coefficient (Wildman–Crippen LogP) is 3.20. The maximum Gasteiger partial charge on any atom is 0.263 e. The van der Waals surface area contributed by atoms with Crippen molar-refractivity contribution in [2.75, 3.05) is 32.7 Å². The van der Waals surface area contributed by atoms with Crippen molar-refractivity contribution in [3.05, 3.63) is 69.6 Å². The molecule has 0 N–H and O–H groups in total. The third kappa shape index (κ3) is 5.57. The van der Waals surface area contributed by atoms with Crippen molar-refractivity contribution >= 4 is 5.91 Å². The Labute approximate surface area is 173 Å². The van der Waals surface area contributed by atoms with Crippen LogP contribution in [-0.2, 0) is 13.0 Å². The van der Waals surface area contributed by atoms with Gasteiger partial charge in [-0.05, 0) is 42.9 Å². The van der Waals surface area contributed by atoms with E-state index in [1.54, 1.807) is 4.57 Å². The van der Waals surface area contributed by atoms with Crippen molar-refractivity contribution in [3.63, 3.8) is 0 Å². The van der Waals surface area contributed by atoms with E-state index < -0.39 is 0 Å². The van der Waals surface area contributed by atoms with Gasteiger partial charge in [-0.1, -0.05) is 44.2 Å². The summed E-state index contributed by atoms with van der Waals surface area (Å²) in [5.74, 6) is 0.403. The average Bonchev–Trinajstić information content (AvgIpc) is 2.72. The first-order valence-corrected chi connectivity index (χ1v) is 10.7. The van der Waals surface area contributed by atoms with E-state index in [1.807, 2.05) is 30.2 Å². The molecule has 1 aliphatic rings. The zero-order chi connectivity index (χ0) is 20.8. The second-order valence-electron chi connectivity index (χ2n) is 8.42. The highest BCUT2D eigenvalue weighted by molar-refractivity contribution is 5.95. The lowest BCUT2D eigenvalue weighted by Crippen LogP contribution is -2.50. The van der Waals surface area contributed by atoms with Gasteiger partial charge in [-0.3, -0.25) is 14.5 Å². The first kappa shape index (κ1) is 21.3. The van der Waals surface area contributed by atoms with Crippen molar-refractivity contribution in [1.29, 1.82) is 0 Å². The molecule has 1 amide bonds. The first-order chi connectivity index (χ1) is 14.0. The molecule has 156 valence electrons. The summed E-state index contributed by atoms with van der Waals surface area (Å²) in [5.41, 5.74) is 2.30. The van der Waals surface area contributed by atoms with Gasteiger partial charge in [-0.25, -0.2) is 0 Å². The van der Waals surface area contributed by atoms with Crippen molar-refractivity contribution in [1.82, 2.24) is 14.4 Å². The van der Waals surface area contributed by atoms with E-state index in [9.17, 15) is 9.59 Å². The van der Waals surface area contributed by atoms with Gasteiger partial charge in [-0.15, -0.1) is 0 Å². The smallest absolute Gasteiger partial charge is 0.263 e. The quantitative estimate of drug-likeness (QED) is 0.723. The molecule has 0 atom stereocenters. The number of aromatic nitrogens is 1. The minimum absolute atomic E-state index is 0.117. The molecular weight excluding hydrogens is 362 g/mol. The molecule has 0 radical (unpaired) electrons. The molecule has 1 saturated heterocycles. The molecule has 1 aromatic carbocycles. The number of hydrogen-bond acceptors (Lipinski definition) is 3. The summed E-state index contributed by atoms with van der Waals surface area (Å²) in [7, 11) is 0. The number of rotatable bonds is 7. The standard InChI is InChI=1S/C24H33N3O2/c1-19(2)9-13-26-14-10-20(3)22(23(26)28)24(29)27-17-15-25(16-18-27)12-11-21-7-5-4-6-8-21/h4-8,10,14,19H,9,11-13,15-18H2,1-3H3. The number of pyridine rings is 1. The molecule has 1 aromatic heterocycles. The predicted molar refractivity (Wildman–Crippen MR) is 117 cm³/mol. The van der Waals surface area contributed by atoms with Crippen molar-refractivity contribution in [3.8, 4) is 0 Å². The molecule has 29 heavy (non-hydrogen) atoms. The maximum absolute atomic E-state index is 13.1. The number of aryl methyl sites for hydroxylation is 2. The minimum Gasteiger partial charge on any atom is -0.336 e. The van der Waals surface area contributed by atoms with Crippen LogP contribution in [0.15, 0.2) is 47.4 Å². The Morgan fingerprint density at radius 3 is 2.34 bits per heavy atom. The van der Waals surface area contributed by atoms with E-state index in [0.29, 0.717) is 31.1 Å². The summed E-state index contributed by atoms with van der Waals surface area (Å²) in [6, 6.07) is 12.4. The Hall–Kier alpha value is -2.40. The van der Waals surface area contributed by atoms with Gasteiger partial charge in [0.1, 0.15) is 5.56 Å². The number of carbonyl (C=O) groups is 1. The van der Waals surface area contributed by atoms with Gasteiger partial charge in [0.25, 0.3) is 11.5 Å². The van der Waals surface area contributed by atoms with Crippen molar-refractivity contribution in [2.24, 2.45) is 5.92 Å². The summed E-state index contributed by atoms with van der Waals surface area (Å²) in [6.07, 6.45) is 3.77. The molecule has 5 nitrogen and oxygen atoms in total. The summed E-state index contributed by atoms with van der Waals surface area (Å²) < 4.78 is 1.69. The van der Waals surface area contributed by atoms with Crippen LogP contribution in [-0.4, -0.2) is 53.0 Å². The van der Waals surface area contributed by atoms with Crippen LogP contribution in [0.3, 0.4) is 0 Å². The van der Waals surface area contributed by atoms with E-state index in [-0.39, 0.29) is 11.5 Å². The Morgan fingerprint density at radius 1 is 1.00 bits per heavy atom. The lowest BCUT2D eigenvalue weighted by Gasteiger charge is -2.35. The number of nitrogens with zero attached hydrogens (tertiary/aromatic N) is 3. The van der Waals surface area contributed by atoms with Crippen LogP contribution >= 0.6 is 0 Å².